The summed E-state index contributed by atoms with van der Waals surface area (Å²) in [5, 5.41) is 6.07. The third-order valence-corrected chi connectivity index (χ3v) is 2.85. The molecule has 0 spiro atoms. The van der Waals surface area contributed by atoms with E-state index in [0.717, 1.165) is 17.0 Å². The number of amides is 1. The van der Waals surface area contributed by atoms with E-state index in [1.807, 2.05) is 25.1 Å². The zero-order valence-electron chi connectivity index (χ0n) is 10.2. The molecule has 1 amide bonds. The van der Waals surface area contributed by atoms with E-state index in [1.54, 1.807) is 7.11 Å². The van der Waals surface area contributed by atoms with Gasteiger partial charge in [-0.2, -0.15) is 0 Å². The minimum absolute atomic E-state index is 0.00625. The number of aryl methyl sites for hydroxylation is 1. The van der Waals surface area contributed by atoms with Crippen molar-refractivity contribution in [3.05, 3.63) is 23.8 Å². The van der Waals surface area contributed by atoms with Crippen molar-refractivity contribution in [2.75, 3.05) is 19.0 Å². The van der Waals surface area contributed by atoms with Crippen LogP contribution < -0.4 is 15.4 Å². The first kappa shape index (κ1) is 11.9. The van der Waals surface area contributed by atoms with Gasteiger partial charge in [0.25, 0.3) is 0 Å². The molecular formula is C13H18N2O2. The van der Waals surface area contributed by atoms with E-state index in [1.165, 1.54) is 12.8 Å². The Morgan fingerprint density at radius 2 is 2.24 bits per heavy atom. The fourth-order valence-corrected chi connectivity index (χ4v) is 1.58. The van der Waals surface area contributed by atoms with E-state index in [9.17, 15) is 4.79 Å². The van der Waals surface area contributed by atoms with Crippen LogP contribution in [-0.2, 0) is 4.79 Å². The van der Waals surface area contributed by atoms with Crippen molar-refractivity contribution in [2.24, 2.45) is 0 Å². The minimum Gasteiger partial charge on any atom is -0.497 e. The molecule has 1 aliphatic rings. The second-order valence-corrected chi connectivity index (χ2v) is 4.38. The molecule has 4 heteroatoms. The highest BCUT2D eigenvalue weighted by Crippen LogP contribution is 2.22. The Balaban J connectivity index is 1.93. The molecule has 1 aliphatic carbocycles. The van der Waals surface area contributed by atoms with Gasteiger partial charge in [-0.1, -0.05) is 6.07 Å². The van der Waals surface area contributed by atoms with Crippen LogP contribution >= 0.6 is 0 Å². The molecule has 1 aromatic rings. The first-order valence-electron chi connectivity index (χ1n) is 5.87. The summed E-state index contributed by atoms with van der Waals surface area (Å²) in [5.41, 5.74) is 1.84. The maximum Gasteiger partial charge on any atom is 0.238 e. The Kier molecular flexibility index (Phi) is 3.64. The molecule has 1 saturated carbocycles. The zero-order valence-corrected chi connectivity index (χ0v) is 10.2. The highest BCUT2D eigenvalue weighted by atomic mass is 16.5. The van der Waals surface area contributed by atoms with E-state index in [-0.39, 0.29) is 5.91 Å². The van der Waals surface area contributed by atoms with Gasteiger partial charge in [-0.3, -0.25) is 4.79 Å². The third-order valence-electron chi connectivity index (χ3n) is 2.85. The number of ether oxygens (including phenoxy) is 1. The molecule has 17 heavy (non-hydrogen) atoms. The second-order valence-electron chi connectivity index (χ2n) is 4.38. The molecule has 0 unspecified atom stereocenters. The van der Waals surface area contributed by atoms with Gasteiger partial charge >= 0.3 is 0 Å². The van der Waals surface area contributed by atoms with Gasteiger partial charge in [-0.25, -0.2) is 0 Å². The highest BCUT2D eigenvalue weighted by Gasteiger charge is 2.21. The quantitative estimate of drug-likeness (QED) is 0.815. The van der Waals surface area contributed by atoms with Crippen LogP contribution in [0.2, 0.25) is 0 Å². The number of rotatable bonds is 5. The average molecular weight is 234 g/mol. The Bertz CT molecular complexity index is 414. The summed E-state index contributed by atoms with van der Waals surface area (Å²) in [6.45, 7) is 2.34. The van der Waals surface area contributed by atoms with Crippen molar-refractivity contribution in [2.45, 2.75) is 25.8 Å². The highest BCUT2D eigenvalue weighted by molar-refractivity contribution is 5.93. The van der Waals surface area contributed by atoms with Gasteiger partial charge in [0.05, 0.1) is 13.7 Å². The molecule has 1 fully saturated rings. The Labute approximate surface area is 101 Å². The largest absolute Gasteiger partial charge is 0.497 e. The molecule has 0 atom stereocenters. The first-order valence-corrected chi connectivity index (χ1v) is 5.87. The van der Waals surface area contributed by atoms with Crippen LogP contribution in [0.1, 0.15) is 18.4 Å². The maximum atomic E-state index is 11.7. The maximum absolute atomic E-state index is 11.7. The topological polar surface area (TPSA) is 50.4 Å². The number of anilines is 1. The molecule has 0 radical (unpaired) electrons. The molecule has 0 bridgehead atoms. The number of hydrogen-bond acceptors (Lipinski definition) is 3. The van der Waals surface area contributed by atoms with Gasteiger partial charge in [-0.05, 0) is 31.4 Å². The van der Waals surface area contributed by atoms with Crippen LogP contribution in [0.3, 0.4) is 0 Å². The van der Waals surface area contributed by atoms with E-state index >= 15 is 0 Å². The monoisotopic (exact) mass is 234 g/mol. The summed E-state index contributed by atoms with van der Waals surface area (Å²) < 4.78 is 5.13. The van der Waals surface area contributed by atoms with Crippen LogP contribution in [0.4, 0.5) is 5.69 Å². The fraction of sp³-hybridized carbons (Fsp3) is 0.462. The van der Waals surface area contributed by atoms with Crippen molar-refractivity contribution in [1.29, 1.82) is 0 Å². The standard InChI is InChI=1S/C13H18N2O2/c1-9-3-6-11(17-2)7-12(9)15-13(16)8-14-10-4-5-10/h3,6-7,10,14H,4-5,8H2,1-2H3,(H,15,16). The van der Waals surface area contributed by atoms with Gasteiger partial charge in [-0.15, -0.1) is 0 Å². The van der Waals surface area contributed by atoms with Crippen LogP contribution in [0.15, 0.2) is 18.2 Å². The summed E-state index contributed by atoms with van der Waals surface area (Å²) >= 11 is 0. The SMILES string of the molecule is COc1ccc(C)c(NC(=O)CNC2CC2)c1. The van der Waals surface area contributed by atoms with Crippen molar-refractivity contribution in [3.8, 4) is 5.75 Å². The lowest BCUT2D eigenvalue weighted by atomic mass is 10.2. The van der Waals surface area contributed by atoms with E-state index in [4.69, 9.17) is 4.74 Å². The summed E-state index contributed by atoms with van der Waals surface area (Å²) in [4.78, 5) is 11.7. The number of methoxy groups -OCH3 is 1. The molecule has 0 aliphatic heterocycles. The first-order chi connectivity index (χ1) is 8.19. The van der Waals surface area contributed by atoms with Crippen molar-refractivity contribution in [3.63, 3.8) is 0 Å². The second kappa shape index (κ2) is 5.19. The summed E-state index contributed by atoms with van der Waals surface area (Å²) in [5.74, 6) is 0.745. The fourth-order valence-electron chi connectivity index (χ4n) is 1.58. The van der Waals surface area contributed by atoms with E-state index in [0.29, 0.717) is 12.6 Å². The molecule has 0 heterocycles. The van der Waals surface area contributed by atoms with Gasteiger partial charge in [0.15, 0.2) is 0 Å². The Morgan fingerprint density at radius 1 is 1.47 bits per heavy atom. The zero-order chi connectivity index (χ0) is 12.3. The molecular weight excluding hydrogens is 216 g/mol. The molecule has 2 rings (SSSR count). The van der Waals surface area contributed by atoms with E-state index < -0.39 is 0 Å². The Hall–Kier alpha value is -1.55. The lowest BCUT2D eigenvalue weighted by Gasteiger charge is -2.10. The lowest BCUT2D eigenvalue weighted by Crippen LogP contribution is -2.29. The van der Waals surface area contributed by atoms with Crippen molar-refractivity contribution >= 4 is 11.6 Å². The lowest BCUT2D eigenvalue weighted by molar-refractivity contribution is -0.115. The number of carbonyl (C=O) groups is 1. The van der Waals surface area contributed by atoms with Gasteiger partial charge in [0, 0.05) is 17.8 Å². The van der Waals surface area contributed by atoms with Crippen LogP contribution in [0.5, 0.6) is 5.75 Å². The number of carbonyl (C=O) groups excluding carboxylic acids is 1. The summed E-state index contributed by atoms with van der Waals surface area (Å²) in [6.07, 6.45) is 2.37. The van der Waals surface area contributed by atoms with Gasteiger partial charge < -0.3 is 15.4 Å². The molecule has 0 aromatic heterocycles. The predicted molar refractivity (Wildman–Crippen MR) is 67.4 cm³/mol. The molecule has 4 nitrogen and oxygen atoms in total. The van der Waals surface area contributed by atoms with E-state index in [2.05, 4.69) is 10.6 Å². The predicted octanol–water partition coefficient (Wildman–Crippen LogP) is 1.69. The number of nitrogens with one attached hydrogen (secondary N) is 2. The van der Waals surface area contributed by atoms with Crippen molar-refractivity contribution < 1.29 is 9.53 Å². The Morgan fingerprint density at radius 3 is 2.88 bits per heavy atom. The molecule has 2 N–H and O–H groups in total. The van der Waals surface area contributed by atoms with Crippen molar-refractivity contribution in [1.82, 2.24) is 5.32 Å². The van der Waals surface area contributed by atoms with Crippen LogP contribution in [0.25, 0.3) is 0 Å². The summed E-state index contributed by atoms with van der Waals surface area (Å²) in [7, 11) is 1.62. The molecule has 92 valence electrons. The van der Waals surface area contributed by atoms with Crippen LogP contribution in [0, 0.1) is 6.92 Å². The molecule has 1 aromatic carbocycles. The number of hydrogen-bond donors (Lipinski definition) is 2. The van der Waals surface area contributed by atoms with Gasteiger partial charge in [0.1, 0.15) is 5.75 Å². The number of benzene rings is 1. The normalized spacial score (nSPS) is 14.5. The van der Waals surface area contributed by atoms with Gasteiger partial charge in [0.2, 0.25) is 5.91 Å². The average Bonchev–Trinajstić information content (AvgIpc) is 3.13. The molecule has 0 saturated heterocycles. The summed E-state index contributed by atoms with van der Waals surface area (Å²) in [6, 6.07) is 6.20. The smallest absolute Gasteiger partial charge is 0.238 e. The minimum atomic E-state index is -0.00625. The third kappa shape index (κ3) is 3.46. The van der Waals surface area contributed by atoms with Crippen LogP contribution in [-0.4, -0.2) is 25.6 Å².